The maximum Gasteiger partial charge on any atom is 0.237 e. The molecule has 0 saturated heterocycles. The van der Waals surface area contributed by atoms with Crippen molar-refractivity contribution in [3.63, 3.8) is 0 Å². The van der Waals surface area contributed by atoms with Gasteiger partial charge in [-0.25, -0.2) is 0 Å². The van der Waals surface area contributed by atoms with Crippen molar-refractivity contribution in [3.8, 4) is 5.75 Å². The van der Waals surface area contributed by atoms with E-state index in [0.717, 1.165) is 11.4 Å². The first kappa shape index (κ1) is 21.6. The fraction of sp³-hybridized carbons (Fsp3) is 0.261. The Kier molecular flexibility index (Phi) is 7.68. The Morgan fingerprint density at radius 1 is 1.13 bits per heavy atom. The molecule has 0 saturated carbocycles. The van der Waals surface area contributed by atoms with E-state index in [-0.39, 0.29) is 17.7 Å². The van der Waals surface area contributed by atoms with E-state index in [0.29, 0.717) is 24.1 Å². The molecule has 1 aromatic heterocycles. The Balaban J connectivity index is 1.69. The first-order valence-electron chi connectivity index (χ1n) is 9.81. The first-order chi connectivity index (χ1) is 14.6. The average molecular weight is 423 g/mol. The number of anilines is 1. The van der Waals surface area contributed by atoms with Crippen LogP contribution in [0.2, 0.25) is 0 Å². The summed E-state index contributed by atoms with van der Waals surface area (Å²) in [5.74, 6) is 1.75. The van der Waals surface area contributed by atoms with Crippen LogP contribution in [-0.4, -0.2) is 32.5 Å². The number of hydrogen-bond acceptors (Lipinski definition) is 5. The summed E-state index contributed by atoms with van der Waals surface area (Å²) in [6, 6.07) is 19.3. The third-order valence-electron chi connectivity index (χ3n) is 4.36. The van der Waals surface area contributed by atoms with Crippen LogP contribution in [0.25, 0.3) is 0 Å². The Morgan fingerprint density at radius 3 is 2.43 bits per heavy atom. The lowest BCUT2D eigenvalue weighted by Gasteiger charge is -2.26. The van der Waals surface area contributed by atoms with Gasteiger partial charge < -0.3 is 9.64 Å². The summed E-state index contributed by atoms with van der Waals surface area (Å²) in [5, 5.41) is 9.21. The Labute approximate surface area is 181 Å². The number of thioether (sulfide) groups is 1. The van der Waals surface area contributed by atoms with Crippen LogP contribution in [-0.2, 0) is 17.9 Å². The molecule has 0 unspecified atom stereocenters. The molecule has 0 atom stereocenters. The van der Waals surface area contributed by atoms with Crippen LogP contribution >= 0.6 is 11.8 Å². The largest absolute Gasteiger partial charge is 0.486 e. The molecule has 3 rings (SSSR count). The van der Waals surface area contributed by atoms with E-state index >= 15 is 0 Å². The van der Waals surface area contributed by atoms with Crippen molar-refractivity contribution in [1.29, 1.82) is 0 Å². The van der Waals surface area contributed by atoms with Gasteiger partial charge in [-0.1, -0.05) is 54.2 Å². The van der Waals surface area contributed by atoms with Crippen molar-refractivity contribution < 1.29 is 9.53 Å². The highest BCUT2D eigenvalue weighted by molar-refractivity contribution is 7.99. The molecule has 0 radical (unpaired) electrons. The molecule has 3 aromatic rings. The summed E-state index contributed by atoms with van der Waals surface area (Å²) in [6.07, 6.45) is 1.78. The molecule has 0 aliphatic carbocycles. The average Bonchev–Trinajstić information content (AvgIpc) is 3.14. The van der Waals surface area contributed by atoms with E-state index in [2.05, 4.69) is 16.8 Å². The number of benzene rings is 2. The van der Waals surface area contributed by atoms with Gasteiger partial charge in [0.15, 0.2) is 11.0 Å². The van der Waals surface area contributed by atoms with Crippen molar-refractivity contribution in [2.45, 2.75) is 38.2 Å². The topological polar surface area (TPSA) is 60.2 Å². The summed E-state index contributed by atoms with van der Waals surface area (Å²) in [6.45, 7) is 8.68. The molecule has 2 aromatic carbocycles. The van der Waals surface area contributed by atoms with Crippen LogP contribution in [0, 0.1) is 0 Å². The minimum Gasteiger partial charge on any atom is -0.486 e. The third-order valence-corrected chi connectivity index (χ3v) is 5.31. The quantitative estimate of drug-likeness (QED) is 0.354. The number of allylic oxidation sites excluding steroid dienone is 1. The van der Waals surface area contributed by atoms with E-state index in [1.54, 1.807) is 11.0 Å². The molecule has 1 amide bonds. The van der Waals surface area contributed by atoms with Gasteiger partial charge >= 0.3 is 0 Å². The first-order valence-corrected chi connectivity index (χ1v) is 10.8. The second-order valence-corrected chi connectivity index (χ2v) is 7.82. The van der Waals surface area contributed by atoms with Crippen molar-refractivity contribution >= 4 is 23.4 Å². The van der Waals surface area contributed by atoms with Gasteiger partial charge in [-0.3, -0.25) is 9.36 Å². The van der Waals surface area contributed by atoms with Gasteiger partial charge in [0.1, 0.15) is 12.4 Å². The highest BCUT2D eigenvalue weighted by Gasteiger charge is 2.21. The van der Waals surface area contributed by atoms with Gasteiger partial charge in [-0.05, 0) is 38.1 Å². The fourth-order valence-electron chi connectivity index (χ4n) is 3.02. The van der Waals surface area contributed by atoms with Crippen molar-refractivity contribution in [3.05, 3.63) is 79.1 Å². The highest BCUT2D eigenvalue weighted by Crippen LogP contribution is 2.22. The molecular weight excluding hydrogens is 396 g/mol. The molecule has 1 heterocycles. The van der Waals surface area contributed by atoms with Gasteiger partial charge in [0.2, 0.25) is 5.91 Å². The van der Waals surface area contributed by atoms with E-state index in [1.807, 2.05) is 79.1 Å². The molecule has 0 aliphatic heterocycles. The number of rotatable bonds is 10. The second-order valence-electron chi connectivity index (χ2n) is 6.88. The standard InChI is InChI=1S/C23H26N4O2S/c1-4-15-26-21(16-29-20-13-9-6-10-14-20)24-25-23(26)30-17-22(28)27(18(2)3)19-11-7-5-8-12-19/h4-14,18H,1,15-17H2,2-3H3. The number of para-hydroxylation sites is 2. The van der Waals surface area contributed by atoms with Crippen LogP contribution in [0.5, 0.6) is 5.75 Å². The van der Waals surface area contributed by atoms with Gasteiger partial charge in [0.05, 0.1) is 5.75 Å². The molecule has 0 N–H and O–H groups in total. The lowest BCUT2D eigenvalue weighted by molar-refractivity contribution is -0.116. The van der Waals surface area contributed by atoms with Crippen molar-refractivity contribution in [2.24, 2.45) is 0 Å². The predicted molar refractivity (Wildman–Crippen MR) is 121 cm³/mol. The normalized spacial score (nSPS) is 10.8. The zero-order valence-corrected chi connectivity index (χ0v) is 18.1. The molecule has 0 spiro atoms. The fourth-order valence-corrected chi connectivity index (χ4v) is 3.85. The summed E-state index contributed by atoms with van der Waals surface area (Å²) < 4.78 is 7.73. The van der Waals surface area contributed by atoms with Crippen LogP contribution < -0.4 is 9.64 Å². The zero-order chi connectivity index (χ0) is 21.3. The predicted octanol–water partition coefficient (Wildman–Crippen LogP) is 4.58. The smallest absolute Gasteiger partial charge is 0.237 e. The lowest BCUT2D eigenvalue weighted by Crippen LogP contribution is -2.38. The van der Waals surface area contributed by atoms with Gasteiger partial charge in [-0.2, -0.15) is 0 Å². The number of nitrogens with zero attached hydrogens (tertiary/aromatic N) is 4. The summed E-state index contributed by atoms with van der Waals surface area (Å²) in [7, 11) is 0. The molecule has 0 aliphatic rings. The number of hydrogen-bond donors (Lipinski definition) is 0. The van der Waals surface area contributed by atoms with Crippen molar-refractivity contribution in [2.75, 3.05) is 10.7 Å². The SMILES string of the molecule is C=CCn1c(COc2ccccc2)nnc1SCC(=O)N(c1ccccc1)C(C)C. The Bertz CT molecular complexity index is 958. The molecular formula is C23H26N4O2S. The minimum absolute atomic E-state index is 0.0245. The van der Waals surface area contributed by atoms with Crippen LogP contribution in [0.3, 0.4) is 0 Å². The number of carbonyl (C=O) groups excluding carboxylic acids is 1. The van der Waals surface area contributed by atoms with E-state index in [9.17, 15) is 4.79 Å². The maximum absolute atomic E-state index is 12.9. The molecule has 7 heteroatoms. The number of carbonyl (C=O) groups is 1. The van der Waals surface area contributed by atoms with Crippen LogP contribution in [0.15, 0.2) is 78.5 Å². The Morgan fingerprint density at radius 2 is 1.80 bits per heavy atom. The van der Waals surface area contributed by atoms with Gasteiger partial charge in [0, 0.05) is 18.3 Å². The van der Waals surface area contributed by atoms with E-state index in [1.165, 1.54) is 11.8 Å². The molecule has 156 valence electrons. The van der Waals surface area contributed by atoms with Crippen LogP contribution in [0.4, 0.5) is 5.69 Å². The molecule has 6 nitrogen and oxygen atoms in total. The number of amides is 1. The van der Waals surface area contributed by atoms with Gasteiger partial charge in [-0.15, -0.1) is 16.8 Å². The molecule has 30 heavy (non-hydrogen) atoms. The number of ether oxygens (including phenoxy) is 1. The molecule has 0 fully saturated rings. The van der Waals surface area contributed by atoms with Gasteiger partial charge in [0.25, 0.3) is 0 Å². The maximum atomic E-state index is 12.9. The number of aromatic nitrogens is 3. The second kappa shape index (κ2) is 10.6. The molecule has 0 bridgehead atoms. The van der Waals surface area contributed by atoms with E-state index in [4.69, 9.17) is 4.74 Å². The van der Waals surface area contributed by atoms with Crippen molar-refractivity contribution in [1.82, 2.24) is 14.8 Å². The third kappa shape index (κ3) is 5.51. The highest BCUT2D eigenvalue weighted by atomic mass is 32.2. The summed E-state index contributed by atoms with van der Waals surface area (Å²) >= 11 is 1.37. The monoisotopic (exact) mass is 422 g/mol. The Hall–Kier alpha value is -3.06. The summed E-state index contributed by atoms with van der Waals surface area (Å²) in [5.41, 5.74) is 0.891. The zero-order valence-electron chi connectivity index (χ0n) is 17.3. The summed E-state index contributed by atoms with van der Waals surface area (Å²) in [4.78, 5) is 14.8. The van der Waals surface area contributed by atoms with Crippen LogP contribution in [0.1, 0.15) is 19.7 Å². The minimum atomic E-state index is 0.0245. The lowest BCUT2D eigenvalue weighted by atomic mass is 10.2. The van der Waals surface area contributed by atoms with E-state index < -0.39 is 0 Å².